The lowest BCUT2D eigenvalue weighted by atomic mass is 9.91. The third kappa shape index (κ3) is 3.65. The molecule has 3 amide bonds. The molecule has 7 nitrogen and oxygen atoms in total. The minimum absolute atomic E-state index is 0.0645. The zero-order chi connectivity index (χ0) is 16.0. The molecule has 2 N–H and O–H groups in total. The Bertz CT molecular complexity index is 413. The van der Waals surface area contributed by atoms with E-state index in [4.69, 9.17) is 0 Å². The van der Waals surface area contributed by atoms with Crippen LogP contribution in [0.2, 0.25) is 0 Å². The van der Waals surface area contributed by atoms with E-state index in [1.807, 2.05) is 6.92 Å². The topological polar surface area (TPSA) is 90.0 Å². The number of amides is 3. The first kappa shape index (κ1) is 17.3. The predicted molar refractivity (Wildman–Crippen MR) is 77.9 cm³/mol. The van der Waals surface area contributed by atoms with E-state index in [1.165, 1.54) is 16.8 Å². The maximum atomic E-state index is 12.5. The van der Waals surface area contributed by atoms with Crippen LogP contribution in [0.4, 0.5) is 4.79 Å². The molecule has 0 aromatic carbocycles. The number of rotatable bonds is 6. The van der Waals surface area contributed by atoms with Gasteiger partial charge < -0.3 is 20.2 Å². The van der Waals surface area contributed by atoms with Gasteiger partial charge in [-0.15, -0.1) is 0 Å². The van der Waals surface area contributed by atoms with E-state index < -0.39 is 17.5 Å². The van der Waals surface area contributed by atoms with E-state index in [0.717, 1.165) is 0 Å². The number of nitrogens with zero attached hydrogens (tertiary/aromatic N) is 2. The number of carboxylic acid groups (broad SMARTS) is 1. The highest BCUT2D eigenvalue weighted by molar-refractivity contribution is 5.89. The molecule has 0 bridgehead atoms. The fourth-order valence-corrected chi connectivity index (χ4v) is 2.90. The first-order valence-corrected chi connectivity index (χ1v) is 7.41. The summed E-state index contributed by atoms with van der Waals surface area (Å²) in [5.74, 6) is -1.20. The second-order valence-corrected chi connectivity index (χ2v) is 5.43. The first-order valence-electron chi connectivity index (χ1n) is 7.41. The summed E-state index contributed by atoms with van der Waals surface area (Å²) in [6.07, 6.45) is 2.27. The van der Waals surface area contributed by atoms with Crippen LogP contribution in [0.25, 0.3) is 0 Å². The van der Waals surface area contributed by atoms with Crippen molar-refractivity contribution < 1.29 is 19.5 Å². The van der Waals surface area contributed by atoms with E-state index in [9.17, 15) is 19.5 Å². The second kappa shape index (κ2) is 7.28. The summed E-state index contributed by atoms with van der Waals surface area (Å²) in [6, 6.07) is -0.394. The van der Waals surface area contributed by atoms with Crippen LogP contribution in [0.5, 0.6) is 0 Å². The van der Waals surface area contributed by atoms with Gasteiger partial charge in [0.1, 0.15) is 12.1 Å². The van der Waals surface area contributed by atoms with Crippen molar-refractivity contribution in [3.63, 3.8) is 0 Å². The zero-order valence-electron chi connectivity index (χ0n) is 13.0. The maximum Gasteiger partial charge on any atom is 0.329 e. The van der Waals surface area contributed by atoms with Gasteiger partial charge in [-0.05, 0) is 26.2 Å². The predicted octanol–water partition coefficient (Wildman–Crippen LogP) is 0.894. The molecule has 120 valence electrons. The van der Waals surface area contributed by atoms with Gasteiger partial charge in [0.15, 0.2) is 0 Å². The Balaban J connectivity index is 2.83. The van der Waals surface area contributed by atoms with Crippen LogP contribution < -0.4 is 5.32 Å². The zero-order valence-corrected chi connectivity index (χ0v) is 13.0. The van der Waals surface area contributed by atoms with Gasteiger partial charge in [-0.25, -0.2) is 9.59 Å². The average molecular weight is 299 g/mol. The first-order chi connectivity index (χ1) is 9.89. The molecule has 1 fully saturated rings. The molecule has 1 aliphatic heterocycles. The summed E-state index contributed by atoms with van der Waals surface area (Å²) in [4.78, 5) is 38.4. The van der Waals surface area contributed by atoms with Crippen molar-refractivity contribution in [2.75, 3.05) is 26.7 Å². The highest BCUT2D eigenvalue weighted by Crippen LogP contribution is 2.34. The number of carbonyl (C=O) groups is 3. The molecule has 0 radical (unpaired) electrons. The smallest absolute Gasteiger partial charge is 0.329 e. The Kier molecular flexibility index (Phi) is 5.99. The van der Waals surface area contributed by atoms with E-state index in [2.05, 4.69) is 5.32 Å². The van der Waals surface area contributed by atoms with Crippen molar-refractivity contribution in [1.82, 2.24) is 15.1 Å². The van der Waals surface area contributed by atoms with Crippen LogP contribution in [-0.2, 0) is 9.59 Å². The molecule has 1 aliphatic rings. The van der Waals surface area contributed by atoms with E-state index in [0.29, 0.717) is 38.8 Å². The van der Waals surface area contributed by atoms with Crippen LogP contribution in [0, 0.1) is 0 Å². The number of carbonyl (C=O) groups excluding carboxylic acids is 2. The number of likely N-dealkylation sites (N-methyl/N-ethyl adjacent to an activating group) is 2. The molecular formula is C14H25N3O4. The van der Waals surface area contributed by atoms with Crippen LogP contribution in [0.3, 0.4) is 0 Å². The Morgan fingerprint density at radius 3 is 2.52 bits per heavy atom. The number of hydrogen-bond acceptors (Lipinski definition) is 3. The van der Waals surface area contributed by atoms with Crippen molar-refractivity contribution in [2.45, 2.75) is 45.1 Å². The van der Waals surface area contributed by atoms with Gasteiger partial charge in [-0.2, -0.15) is 0 Å². The molecule has 0 aromatic rings. The summed E-state index contributed by atoms with van der Waals surface area (Å²) >= 11 is 0. The largest absolute Gasteiger partial charge is 0.479 e. The standard InChI is InChI=1S/C14H25N3O4/c1-4-7-14(12(19)20)8-6-9-17(14)13(21)16(3)10-11(18)15-5-2/h4-10H2,1-3H3,(H,15,18)(H,19,20). The van der Waals surface area contributed by atoms with E-state index in [1.54, 1.807) is 6.92 Å². The van der Waals surface area contributed by atoms with E-state index >= 15 is 0 Å². The number of urea groups is 1. The van der Waals surface area contributed by atoms with E-state index in [-0.39, 0.29) is 12.5 Å². The monoisotopic (exact) mass is 299 g/mol. The lowest BCUT2D eigenvalue weighted by Gasteiger charge is -2.36. The third-order valence-electron chi connectivity index (χ3n) is 3.86. The molecule has 0 aromatic heterocycles. The molecule has 1 rings (SSSR count). The molecule has 7 heteroatoms. The van der Waals surface area contributed by atoms with Gasteiger partial charge in [0.05, 0.1) is 0 Å². The number of carboxylic acids is 1. The molecule has 0 aliphatic carbocycles. The van der Waals surface area contributed by atoms with Crippen LogP contribution >= 0.6 is 0 Å². The highest BCUT2D eigenvalue weighted by atomic mass is 16.4. The minimum atomic E-state index is -1.12. The maximum absolute atomic E-state index is 12.5. The Hall–Kier alpha value is -1.79. The van der Waals surface area contributed by atoms with Crippen molar-refractivity contribution in [3.8, 4) is 0 Å². The fraction of sp³-hybridized carbons (Fsp3) is 0.786. The normalized spacial score (nSPS) is 21.2. The third-order valence-corrected chi connectivity index (χ3v) is 3.86. The lowest BCUT2D eigenvalue weighted by Crippen LogP contribution is -2.57. The molecule has 0 saturated carbocycles. The molecule has 1 saturated heterocycles. The van der Waals surface area contributed by atoms with Crippen molar-refractivity contribution in [3.05, 3.63) is 0 Å². The summed E-state index contributed by atoms with van der Waals surface area (Å²) in [5, 5.41) is 12.2. The molecule has 21 heavy (non-hydrogen) atoms. The van der Waals surface area contributed by atoms with Crippen LogP contribution in [0.15, 0.2) is 0 Å². The molecule has 1 heterocycles. The van der Waals surface area contributed by atoms with Crippen LogP contribution in [-0.4, -0.2) is 65.0 Å². The van der Waals surface area contributed by atoms with Gasteiger partial charge in [0.2, 0.25) is 5.91 Å². The minimum Gasteiger partial charge on any atom is -0.479 e. The summed E-state index contributed by atoms with van der Waals surface area (Å²) in [7, 11) is 1.52. The highest BCUT2D eigenvalue weighted by Gasteiger charge is 2.49. The van der Waals surface area contributed by atoms with Gasteiger partial charge >= 0.3 is 12.0 Å². The van der Waals surface area contributed by atoms with Crippen molar-refractivity contribution >= 4 is 17.9 Å². The number of likely N-dealkylation sites (tertiary alicyclic amines) is 1. The second-order valence-electron chi connectivity index (χ2n) is 5.43. The van der Waals surface area contributed by atoms with Crippen molar-refractivity contribution in [1.29, 1.82) is 0 Å². The SMILES string of the molecule is CCCC1(C(=O)O)CCCN1C(=O)N(C)CC(=O)NCC. The molecule has 1 unspecified atom stereocenters. The average Bonchev–Trinajstić information content (AvgIpc) is 2.83. The molecule has 1 atom stereocenters. The fourth-order valence-electron chi connectivity index (χ4n) is 2.90. The lowest BCUT2D eigenvalue weighted by molar-refractivity contribution is -0.148. The number of aliphatic carboxylic acids is 1. The summed E-state index contributed by atoms with van der Waals surface area (Å²) in [6.45, 7) is 4.57. The Labute approximate surface area is 125 Å². The van der Waals surface area contributed by atoms with Gasteiger partial charge in [0, 0.05) is 20.1 Å². The summed E-state index contributed by atoms with van der Waals surface area (Å²) in [5.41, 5.74) is -1.12. The van der Waals surface area contributed by atoms with Gasteiger partial charge in [0.25, 0.3) is 0 Å². The Morgan fingerprint density at radius 2 is 2.00 bits per heavy atom. The summed E-state index contributed by atoms with van der Waals surface area (Å²) < 4.78 is 0. The molecule has 0 spiro atoms. The Morgan fingerprint density at radius 1 is 1.33 bits per heavy atom. The number of hydrogen-bond donors (Lipinski definition) is 2. The quantitative estimate of drug-likeness (QED) is 0.762. The number of nitrogens with one attached hydrogen (secondary N) is 1. The molecular weight excluding hydrogens is 274 g/mol. The van der Waals surface area contributed by atoms with Crippen LogP contribution in [0.1, 0.15) is 39.5 Å². The van der Waals surface area contributed by atoms with Gasteiger partial charge in [-0.1, -0.05) is 13.3 Å². The van der Waals surface area contributed by atoms with Crippen molar-refractivity contribution in [2.24, 2.45) is 0 Å². The van der Waals surface area contributed by atoms with Gasteiger partial charge in [-0.3, -0.25) is 4.79 Å².